The molecule has 0 bridgehead atoms. The number of aliphatic carboxylic acids is 2. The number of nitrogens with two attached hydrogens (primary N) is 1. The van der Waals surface area contributed by atoms with Gasteiger partial charge >= 0.3 is 11.9 Å². The number of hydrogen-bond donors (Lipinski definition) is 5. The molecule has 1 aromatic rings. The van der Waals surface area contributed by atoms with Crippen molar-refractivity contribution >= 4 is 23.8 Å². The molecule has 6 N–H and O–H groups in total. The summed E-state index contributed by atoms with van der Waals surface area (Å²) < 4.78 is 0. The normalized spacial score (nSPS) is 12.7. The van der Waals surface area contributed by atoms with E-state index in [9.17, 15) is 19.2 Å². The molecule has 9 nitrogen and oxygen atoms in total. The van der Waals surface area contributed by atoms with E-state index in [0.29, 0.717) is 0 Å². The Balaban J connectivity index is 2.79. The average molecular weight is 337 g/mol. The number of carboxylic acids is 2. The Bertz CT molecular complexity index is 604. The molecule has 0 fully saturated rings. The van der Waals surface area contributed by atoms with Crippen LogP contribution in [0.4, 0.5) is 0 Å². The molecule has 1 rings (SSSR count). The number of benzene rings is 1. The zero-order chi connectivity index (χ0) is 18.1. The molecule has 0 aliphatic carbocycles. The van der Waals surface area contributed by atoms with Gasteiger partial charge in [0.1, 0.15) is 12.6 Å². The minimum Gasteiger partial charge on any atom is -0.481 e. The maximum atomic E-state index is 12.1. The second-order valence-corrected chi connectivity index (χ2v) is 5.07. The first-order valence-electron chi connectivity index (χ1n) is 7.10. The second-order valence-electron chi connectivity index (χ2n) is 5.07. The first-order chi connectivity index (χ1) is 11.3. The Morgan fingerprint density at radius 2 is 1.62 bits per heavy atom. The molecular formula is C15H19N3O6. The lowest BCUT2D eigenvalue weighted by Gasteiger charge is -2.20. The molecule has 0 aromatic heterocycles. The Labute approximate surface area is 137 Å². The molecule has 0 spiro atoms. The molecule has 1 aromatic carbocycles. The standard InChI is InChI=1S/C15H19N3O6/c16-10(7-12(19)20)14(23)18-11(15(24)17-8-13(21)22)6-9-4-2-1-3-5-9/h1-5,10-11H,6-8,16H2,(H,17,24)(H,18,23)(H,19,20)(H,21,22). The highest BCUT2D eigenvalue weighted by molar-refractivity contribution is 5.92. The van der Waals surface area contributed by atoms with E-state index in [1.54, 1.807) is 30.3 Å². The molecule has 0 aliphatic rings. The minimum absolute atomic E-state index is 0.109. The predicted octanol–water partition coefficient (Wildman–Crippen LogP) is -1.28. The first kappa shape index (κ1) is 19.1. The third-order valence-corrected chi connectivity index (χ3v) is 3.06. The van der Waals surface area contributed by atoms with Gasteiger partial charge in [0.15, 0.2) is 0 Å². The van der Waals surface area contributed by atoms with Crippen molar-refractivity contribution in [1.29, 1.82) is 0 Å². The number of amides is 2. The predicted molar refractivity (Wildman–Crippen MR) is 83.0 cm³/mol. The molecule has 130 valence electrons. The van der Waals surface area contributed by atoms with Crippen LogP contribution in [0, 0.1) is 0 Å². The molecule has 0 saturated heterocycles. The minimum atomic E-state index is -1.31. The van der Waals surface area contributed by atoms with Gasteiger partial charge in [-0.2, -0.15) is 0 Å². The maximum absolute atomic E-state index is 12.1. The van der Waals surface area contributed by atoms with E-state index in [1.165, 1.54) is 0 Å². The number of hydrogen-bond acceptors (Lipinski definition) is 5. The highest BCUT2D eigenvalue weighted by Gasteiger charge is 2.25. The van der Waals surface area contributed by atoms with Gasteiger partial charge < -0.3 is 26.6 Å². The van der Waals surface area contributed by atoms with Gasteiger partial charge in [-0.05, 0) is 5.56 Å². The Morgan fingerprint density at radius 1 is 1.00 bits per heavy atom. The second kappa shape index (κ2) is 9.26. The van der Waals surface area contributed by atoms with Crippen LogP contribution in [0.15, 0.2) is 30.3 Å². The largest absolute Gasteiger partial charge is 0.481 e. The fraction of sp³-hybridized carbons (Fsp3) is 0.333. The van der Waals surface area contributed by atoms with Gasteiger partial charge in [0.25, 0.3) is 0 Å². The van der Waals surface area contributed by atoms with Gasteiger partial charge in [0.05, 0.1) is 12.5 Å². The highest BCUT2D eigenvalue weighted by Crippen LogP contribution is 2.04. The summed E-state index contributed by atoms with van der Waals surface area (Å²) in [5, 5.41) is 21.8. The highest BCUT2D eigenvalue weighted by atomic mass is 16.4. The number of nitrogens with one attached hydrogen (secondary N) is 2. The summed E-state index contributed by atoms with van der Waals surface area (Å²) in [6.45, 7) is -0.596. The summed E-state index contributed by atoms with van der Waals surface area (Å²) in [6.07, 6.45) is -0.474. The fourth-order valence-corrected chi connectivity index (χ4v) is 1.90. The van der Waals surface area contributed by atoms with Crippen molar-refractivity contribution in [3.63, 3.8) is 0 Å². The first-order valence-corrected chi connectivity index (χ1v) is 7.10. The third kappa shape index (κ3) is 6.88. The van der Waals surface area contributed by atoms with Crippen LogP contribution in [0.5, 0.6) is 0 Å². The van der Waals surface area contributed by atoms with E-state index in [4.69, 9.17) is 15.9 Å². The monoisotopic (exact) mass is 337 g/mol. The van der Waals surface area contributed by atoms with Crippen molar-refractivity contribution in [1.82, 2.24) is 10.6 Å². The number of rotatable bonds is 9. The summed E-state index contributed by atoms with van der Waals surface area (Å²) in [6, 6.07) is 6.37. The van der Waals surface area contributed by atoms with Gasteiger partial charge in [-0.3, -0.25) is 19.2 Å². The van der Waals surface area contributed by atoms with Crippen LogP contribution in [-0.2, 0) is 25.6 Å². The smallest absolute Gasteiger partial charge is 0.322 e. The SMILES string of the molecule is NC(CC(=O)O)C(=O)NC(Cc1ccccc1)C(=O)NCC(=O)O. The number of carbonyl (C=O) groups excluding carboxylic acids is 2. The van der Waals surface area contributed by atoms with Crippen LogP contribution in [0.1, 0.15) is 12.0 Å². The number of carbonyl (C=O) groups is 4. The summed E-state index contributed by atoms with van der Waals surface area (Å²) in [7, 11) is 0. The average Bonchev–Trinajstić information content (AvgIpc) is 2.52. The summed E-state index contributed by atoms with van der Waals surface area (Å²) in [4.78, 5) is 45.2. The summed E-state index contributed by atoms with van der Waals surface area (Å²) in [5.41, 5.74) is 6.20. The van der Waals surface area contributed by atoms with E-state index in [0.717, 1.165) is 5.56 Å². The van der Waals surface area contributed by atoms with Gasteiger partial charge in [0.2, 0.25) is 11.8 Å². The van der Waals surface area contributed by atoms with Crippen molar-refractivity contribution in [2.45, 2.75) is 24.9 Å². The van der Waals surface area contributed by atoms with Crippen LogP contribution < -0.4 is 16.4 Å². The van der Waals surface area contributed by atoms with E-state index >= 15 is 0 Å². The molecule has 0 aliphatic heterocycles. The van der Waals surface area contributed by atoms with E-state index < -0.39 is 48.8 Å². The molecule has 0 heterocycles. The van der Waals surface area contributed by atoms with Gasteiger partial charge in [0, 0.05) is 6.42 Å². The van der Waals surface area contributed by atoms with Crippen LogP contribution in [0.3, 0.4) is 0 Å². The van der Waals surface area contributed by atoms with Crippen molar-refractivity contribution in [2.24, 2.45) is 5.73 Å². The molecule has 2 unspecified atom stereocenters. The van der Waals surface area contributed by atoms with E-state index in [1.807, 2.05) is 0 Å². The topological polar surface area (TPSA) is 159 Å². The molecule has 24 heavy (non-hydrogen) atoms. The Hall–Kier alpha value is -2.94. The lowest BCUT2D eigenvalue weighted by atomic mass is 10.0. The van der Waals surface area contributed by atoms with Crippen LogP contribution in [0.25, 0.3) is 0 Å². The summed E-state index contributed by atoms with van der Waals surface area (Å²) in [5.74, 6) is -3.97. The maximum Gasteiger partial charge on any atom is 0.322 e. The van der Waals surface area contributed by atoms with Crippen molar-refractivity contribution in [3.05, 3.63) is 35.9 Å². The van der Waals surface area contributed by atoms with Crippen LogP contribution >= 0.6 is 0 Å². The van der Waals surface area contributed by atoms with E-state index in [-0.39, 0.29) is 6.42 Å². The molecule has 0 radical (unpaired) electrons. The van der Waals surface area contributed by atoms with Crippen molar-refractivity contribution < 1.29 is 29.4 Å². The van der Waals surface area contributed by atoms with Crippen LogP contribution in [0.2, 0.25) is 0 Å². The van der Waals surface area contributed by atoms with Gasteiger partial charge in [-0.15, -0.1) is 0 Å². The van der Waals surface area contributed by atoms with Crippen molar-refractivity contribution in [3.8, 4) is 0 Å². The fourth-order valence-electron chi connectivity index (χ4n) is 1.90. The Kier molecular flexibility index (Phi) is 7.37. The number of carboxylic acid groups (broad SMARTS) is 2. The summed E-state index contributed by atoms with van der Waals surface area (Å²) >= 11 is 0. The zero-order valence-electron chi connectivity index (χ0n) is 12.8. The van der Waals surface area contributed by atoms with Gasteiger partial charge in [-0.25, -0.2) is 0 Å². The molecule has 9 heteroatoms. The molecule has 2 atom stereocenters. The lowest BCUT2D eigenvalue weighted by molar-refractivity contribution is -0.140. The molecular weight excluding hydrogens is 318 g/mol. The molecule has 2 amide bonds. The zero-order valence-corrected chi connectivity index (χ0v) is 12.8. The van der Waals surface area contributed by atoms with Gasteiger partial charge in [-0.1, -0.05) is 30.3 Å². The molecule has 0 saturated carbocycles. The van der Waals surface area contributed by atoms with Crippen LogP contribution in [-0.4, -0.2) is 52.6 Å². The van der Waals surface area contributed by atoms with Crippen molar-refractivity contribution in [2.75, 3.05) is 6.54 Å². The van der Waals surface area contributed by atoms with E-state index in [2.05, 4.69) is 10.6 Å². The Morgan fingerprint density at radius 3 is 2.17 bits per heavy atom. The quantitative estimate of drug-likeness (QED) is 0.375. The third-order valence-electron chi connectivity index (χ3n) is 3.06. The lowest BCUT2D eigenvalue weighted by Crippen LogP contribution is -2.53.